The Labute approximate surface area is 105 Å². The molecular formula is C11H15ClN2O3. The molecule has 1 aromatic heterocycles. The van der Waals surface area contributed by atoms with E-state index in [-0.39, 0.29) is 11.4 Å². The topological polar surface area (TPSA) is 53.5 Å². The van der Waals surface area contributed by atoms with Crippen molar-refractivity contribution in [3.8, 4) is 5.75 Å². The maximum Gasteiger partial charge on any atom is 0.222 e. The number of halogens is 1. The largest absolute Gasteiger partial charge is 0.488 e. The maximum absolute atomic E-state index is 5.71. The van der Waals surface area contributed by atoms with Crippen LogP contribution in [0.2, 0.25) is 5.28 Å². The molecule has 0 bridgehead atoms. The van der Waals surface area contributed by atoms with Gasteiger partial charge in [-0.1, -0.05) is 0 Å². The molecule has 0 saturated carbocycles. The van der Waals surface area contributed by atoms with Gasteiger partial charge >= 0.3 is 0 Å². The van der Waals surface area contributed by atoms with Crippen molar-refractivity contribution in [3.63, 3.8) is 0 Å². The van der Waals surface area contributed by atoms with Crippen LogP contribution in [0.5, 0.6) is 5.75 Å². The molecule has 0 radical (unpaired) electrons. The molecule has 0 aromatic carbocycles. The van der Waals surface area contributed by atoms with Crippen LogP contribution in [0.4, 0.5) is 0 Å². The summed E-state index contributed by atoms with van der Waals surface area (Å²) in [5.41, 5.74) is 0. The fraction of sp³-hybridized carbons (Fsp3) is 0.636. The molecule has 2 heterocycles. The summed E-state index contributed by atoms with van der Waals surface area (Å²) in [6, 6.07) is 0. The normalized spacial score (nSPS) is 23.4. The molecule has 1 aliphatic heterocycles. The molecule has 1 fully saturated rings. The SMILES string of the molecule is CC1(C)OCCC(COc2cnc(Cl)nc2)O1. The second kappa shape index (κ2) is 5.16. The zero-order valence-electron chi connectivity index (χ0n) is 9.85. The van der Waals surface area contributed by atoms with E-state index < -0.39 is 5.79 Å². The van der Waals surface area contributed by atoms with Gasteiger partial charge in [-0.15, -0.1) is 0 Å². The first-order valence-corrected chi connectivity index (χ1v) is 5.85. The summed E-state index contributed by atoms with van der Waals surface area (Å²) in [6.45, 7) is 4.92. The maximum atomic E-state index is 5.71. The smallest absolute Gasteiger partial charge is 0.222 e. The van der Waals surface area contributed by atoms with Crippen molar-refractivity contribution in [3.05, 3.63) is 17.7 Å². The molecule has 0 N–H and O–H groups in total. The molecule has 1 unspecified atom stereocenters. The lowest BCUT2D eigenvalue weighted by atomic mass is 10.2. The molecule has 2 rings (SSSR count). The third-order valence-corrected chi connectivity index (χ3v) is 2.57. The van der Waals surface area contributed by atoms with Gasteiger partial charge in [-0.25, -0.2) is 9.97 Å². The van der Waals surface area contributed by atoms with Gasteiger partial charge < -0.3 is 14.2 Å². The van der Waals surface area contributed by atoms with Gasteiger partial charge in [-0.05, 0) is 25.4 Å². The van der Waals surface area contributed by atoms with Crippen LogP contribution in [0.3, 0.4) is 0 Å². The Morgan fingerprint density at radius 1 is 1.47 bits per heavy atom. The van der Waals surface area contributed by atoms with Crippen molar-refractivity contribution in [2.45, 2.75) is 32.2 Å². The quantitative estimate of drug-likeness (QED) is 0.777. The monoisotopic (exact) mass is 258 g/mol. The van der Waals surface area contributed by atoms with Gasteiger partial charge in [0.25, 0.3) is 0 Å². The van der Waals surface area contributed by atoms with Crippen molar-refractivity contribution in [1.82, 2.24) is 9.97 Å². The summed E-state index contributed by atoms with van der Waals surface area (Å²) in [5, 5.41) is 0.209. The highest BCUT2D eigenvalue weighted by atomic mass is 35.5. The van der Waals surface area contributed by atoms with E-state index in [0.717, 1.165) is 6.42 Å². The van der Waals surface area contributed by atoms with Gasteiger partial charge in [0.15, 0.2) is 11.5 Å². The highest BCUT2D eigenvalue weighted by Crippen LogP contribution is 2.22. The van der Waals surface area contributed by atoms with Crippen LogP contribution in [0.25, 0.3) is 0 Å². The Morgan fingerprint density at radius 3 is 2.82 bits per heavy atom. The molecule has 0 aliphatic carbocycles. The first-order chi connectivity index (χ1) is 8.05. The fourth-order valence-electron chi connectivity index (χ4n) is 1.61. The minimum absolute atomic E-state index is 0.0226. The molecule has 5 nitrogen and oxygen atoms in total. The highest BCUT2D eigenvalue weighted by molar-refractivity contribution is 6.28. The van der Waals surface area contributed by atoms with Crippen LogP contribution >= 0.6 is 11.6 Å². The van der Waals surface area contributed by atoms with E-state index in [1.54, 1.807) is 12.4 Å². The Bertz CT molecular complexity index is 369. The second-order valence-electron chi connectivity index (χ2n) is 4.28. The first kappa shape index (κ1) is 12.5. The molecule has 0 spiro atoms. The zero-order valence-corrected chi connectivity index (χ0v) is 10.6. The summed E-state index contributed by atoms with van der Waals surface area (Å²) in [7, 11) is 0. The lowest BCUT2D eigenvalue weighted by molar-refractivity contribution is -0.276. The number of hydrogen-bond acceptors (Lipinski definition) is 5. The van der Waals surface area contributed by atoms with Gasteiger partial charge in [0.05, 0.1) is 25.1 Å². The molecule has 1 atom stereocenters. The van der Waals surface area contributed by atoms with E-state index in [9.17, 15) is 0 Å². The summed E-state index contributed by atoms with van der Waals surface area (Å²) in [4.78, 5) is 7.67. The third kappa shape index (κ3) is 3.80. The zero-order chi connectivity index (χ0) is 12.3. The molecular weight excluding hydrogens is 244 g/mol. The molecule has 1 aliphatic rings. The molecule has 1 aromatic rings. The van der Waals surface area contributed by atoms with Crippen molar-refractivity contribution < 1.29 is 14.2 Å². The third-order valence-electron chi connectivity index (χ3n) is 2.37. The predicted molar refractivity (Wildman–Crippen MR) is 62.1 cm³/mol. The Balaban J connectivity index is 1.84. The average Bonchev–Trinajstić information content (AvgIpc) is 2.27. The van der Waals surface area contributed by atoms with Crippen LogP contribution in [-0.2, 0) is 9.47 Å². The molecule has 94 valence electrons. The fourth-order valence-corrected chi connectivity index (χ4v) is 1.71. The number of hydrogen-bond donors (Lipinski definition) is 0. The van der Waals surface area contributed by atoms with Crippen LogP contribution in [0, 0.1) is 0 Å². The molecule has 0 amide bonds. The lowest BCUT2D eigenvalue weighted by Crippen LogP contribution is -2.42. The summed E-state index contributed by atoms with van der Waals surface area (Å²) < 4.78 is 16.7. The molecule has 17 heavy (non-hydrogen) atoms. The number of aromatic nitrogens is 2. The standard InChI is InChI=1S/C11H15ClN2O3/c1-11(2)16-4-3-8(17-11)7-15-9-5-13-10(12)14-6-9/h5-6,8H,3-4,7H2,1-2H3. The Kier molecular flexibility index (Phi) is 3.81. The number of rotatable bonds is 3. The number of nitrogens with zero attached hydrogens (tertiary/aromatic N) is 2. The minimum Gasteiger partial charge on any atom is -0.488 e. The van der Waals surface area contributed by atoms with Crippen LogP contribution < -0.4 is 4.74 Å². The van der Waals surface area contributed by atoms with E-state index in [0.29, 0.717) is 19.0 Å². The van der Waals surface area contributed by atoms with Gasteiger partial charge in [0.1, 0.15) is 6.61 Å². The average molecular weight is 259 g/mol. The second-order valence-corrected chi connectivity index (χ2v) is 4.61. The first-order valence-electron chi connectivity index (χ1n) is 5.47. The van der Waals surface area contributed by atoms with Crippen molar-refractivity contribution in [1.29, 1.82) is 0 Å². The summed E-state index contributed by atoms with van der Waals surface area (Å²) in [6.07, 6.45) is 3.92. The van der Waals surface area contributed by atoms with E-state index in [4.69, 9.17) is 25.8 Å². The summed E-state index contributed by atoms with van der Waals surface area (Å²) >= 11 is 5.58. The Hall–Kier alpha value is -0.910. The van der Waals surface area contributed by atoms with Gasteiger partial charge in [0.2, 0.25) is 5.28 Å². The summed E-state index contributed by atoms with van der Waals surface area (Å²) in [5.74, 6) is 0.0465. The van der Waals surface area contributed by atoms with E-state index in [2.05, 4.69) is 9.97 Å². The van der Waals surface area contributed by atoms with E-state index in [1.165, 1.54) is 0 Å². The highest BCUT2D eigenvalue weighted by Gasteiger charge is 2.29. The Morgan fingerprint density at radius 2 is 2.18 bits per heavy atom. The minimum atomic E-state index is -0.539. The molecule has 1 saturated heterocycles. The van der Waals surface area contributed by atoms with Gasteiger partial charge in [0, 0.05) is 6.42 Å². The van der Waals surface area contributed by atoms with Crippen molar-refractivity contribution >= 4 is 11.6 Å². The van der Waals surface area contributed by atoms with Crippen LogP contribution in [0.1, 0.15) is 20.3 Å². The van der Waals surface area contributed by atoms with Crippen molar-refractivity contribution in [2.24, 2.45) is 0 Å². The lowest BCUT2D eigenvalue weighted by Gasteiger charge is -2.35. The van der Waals surface area contributed by atoms with Crippen LogP contribution in [-0.4, -0.2) is 35.1 Å². The van der Waals surface area contributed by atoms with E-state index in [1.807, 2.05) is 13.8 Å². The van der Waals surface area contributed by atoms with E-state index >= 15 is 0 Å². The van der Waals surface area contributed by atoms with Gasteiger partial charge in [-0.2, -0.15) is 0 Å². The van der Waals surface area contributed by atoms with Crippen LogP contribution in [0.15, 0.2) is 12.4 Å². The number of ether oxygens (including phenoxy) is 3. The van der Waals surface area contributed by atoms with Crippen molar-refractivity contribution in [2.75, 3.05) is 13.2 Å². The molecule has 6 heteroatoms. The predicted octanol–water partition coefficient (Wildman–Crippen LogP) is 2.05. The van der Waals surface area contributed by atoms with Gasteiger partial charge in [-0.3, -0.25) is 0 Å².